The Morgan fingerprint density at radius 2 is 1.97 bits per heavy atom. The van der Waals surface area contributed by atoms with Gasteiger partial charge < -0.3 is 34.1 Å². The molecule has 2 saturated heterocycles. The first kappa shape index (κ1) is 48.6. The third-order valence-corrected chi connectivity index (χ3v) is 13.6. The summed E-state index contributed by atoms with van der Waals surface area (Å²) in [4.78, 5) is 67.3. The van der Waals surface area contributed by atoms with E-state index in [9.17, 15) is 24.3 Å². The SMILES string of the molecule is CCn1c(-c2cccnc2[C@H](C)OC)c2c3cc(ccc31)-c1csc(n1)C[C@H](NC(=O)[C@@H](F)COC1CN(C(=O)C#CC(C)(C)N(C)C)C1)C(=O)N1CCC[C@@](O)(N1)C(=O)OCC(C)(C)C2. The first-order valence-corrected chi connectivity index (χ1v) is 23.2. The second-order valence-electron chi connectivity index (χ2n) is 18.8. The fraction of sp³-hybridized carbons (Fsp3) is 0.542. The Hall–Kier alpha value is -5.29. The predicted octanol–water partition coefficient (Wildman–Crippen LogP) is 4.43. The summed E-state index contributed by atoms with van der Waals surface area (Å²) in [6, 6.07) is 8.76. The zero-order chi connectivity index (χ0) is 47.7. The number of hydrogen-bond donors (Lipinski definition) is 3. The number of esters is 1. The van der Waals surface area contributed by atoms with Gasteiger partial charge in [0, 0.05) is 85.2 Å². The summed E-state index contributed by atoms with van der Waals surface area (Å²) in [7, 11) is 5.39. The van der Waals surface area contributed by atoms with Crippen LogP contribution in [-0.2, 0) is 52.8 Å². The van der Waals surface area contributed by atoms with E-state index in [4.69, 9.17) is 24.2 Å². The number of aromatic nitrogens is 3. The lowest BCUT2D eigenvalue weighted by atomic mass is 9.84. The van der Waals surface area contributed by atoms with Crippen LogP contribution in [0.2, 0.25) is 0 Å². The van der Waals surface area contributed by atoms with Gasteiger partial charge in [0.1, 0.15) is 6.04 Å². The fourth-order valence-electron chi connectivity index (χ4n) is 8.27. The van der Waals surface area contributed by atoms with Crippen LogP contribution in [0.3, 0.4) is 0 Å². The lowest BCUT2D eigenvalue weighted by Gasteiger charge is -2.40. The third-order valence-electron chi connectivity index (χ3n) is 12.7. The molecule has 0 aliphatic carbocycles. The van der Waals surface area contributed by atoms with Crippen molar-refractivity contribution in [3.05, 3.63) is 58.2 Å². The average molecular weight is 929 g/mol. The summed E-state index contributed by atoms with van der Waals surface area (Å²) < 4.78 is 35.2. The highest BCUT2D eigenvalue weighted by Crippen LogP contribution is 2.42. The average Bonchev–Trinajstić information content (AvgIpc) is 3.87. The number of thiazole rings is 1. The van der Waals surface area contributed by atoms with E-state index in [1.807, 2.05) is 77.2 Å². The first-order valence-electron chi connectivity index (χ1n) is 22.4. The molecule has 3 aliphatic rings. The molecule has 16 nitrogen and oxygen atoms in total. The van der Waals surface area contributed by atoms with Gasteiger partial charge in [0.05, 0.1) is 53.1 Å². The topological polar surface area (TPSA) is 181 Å². The number of cyclic esters (lactones) is 1. The molecule has 66 heavy (non-hydrogen) atoms. The van der Waals surface area contributed by atoms with Crippen molar-refractivity contribution >= 4 is 45.9 Å². The standard InChI is InChI=1S/C48H61FN8O8S/c1-10-56-38-15-14-30-21-33(38)34(42(56)32-13-11-19-50-41(32)29(2)63-9)23-46(3,4)28-65-45(61)48(62)17-12-20-57(53-48)44(60)36(22-39-51-37(30)27-66-39)52-43(59)35(49)26-64-31-24-55(25-31)40(58)16-18-47(5,6)54(7)8/h11,13-15,19,21,27,29,31,35-36,53,62H,10,12,17,20,22-26,28H2,1-9H3,(H,52,59)/t29-,35-,36-,48-/m0/s1. The number of aliphatic hydroxyl groups is 1. The Bertz CT molecular complexity index is 2540. The number of alkyl halides is 1. The highest BCUT2D eigenvalue weighted by Gasteiger charge is 2.45. The van der Waals surface area contributed by atoms with Gasteiger partial charge in [0.2, 0.25) is 11.9 Å². The molecule has 0 saturated carbocycles. The van der Waals surface area contributed by atoms with Gasteiger partial charge in [0.25, 0.3) is 17.7 Å². The molecule has 3 aliphatic heterocycles. The van der Waals surface area contributed by atoms with Crippen molar-refractivity contribution in [1.29, 1.82) is 0 Å². The van der Waals surface area contributed by atoms with E-state index < -0.39 is 59.4 Å². The highest BCUT2D eigenvalue weighted by atomic mass is 32.1. The molecule has 6 heterocycles. The number of pyridine rings is 1. The number of methoxy groups -OCH3 is 1. The number of benzene rings is 1. The van der Waals surface area contributed by atoms with Gasteiger partial charge in [-0.05, 0) is 90.4 Å². The number of hydrogen-bond acceptors (Lipinski definition) is 13. The molecule has 354 valence electrons. The number of carbonyl (C=O) groups is 4. The van der Waals surface area contributed by atoms with E-state index >= 15 is 4.39 Å². The molecule has 1 aromatic carbocycles. The maximum atomic E-state index is 15.6. The minimum absolute atomic E-state index is 0.0456. The maximum absolute atomic E-state index is 15.6. The molecule has 2 fully saturated rings. The van der Waals surface area contributed by atoms with E-state index in [1.54, 1.807) is 13.3 Å². The van der Waals surface area contributed by atoms with Crippen molar-refractivity contribution < 1.29 is 42.9 Å². The summed E-state index contributed by atoms with van der Waals surface area (Å²) >= 11 is 1.29. The number of ether oxygens (including phenoxy) is 3. The number of hydrazine groups is 1. The van der Waals surface area contributed by atoms with Crippen LogP contribution in [0, 0.1) is 17.3 Å². The summed E-state index contributed by atoms with van der Waals surface area (Å²) in [5.41, 5.74) is 5.40. The van der Waals surface area contributed by atoms with Crippen molar-refractivity contribution in [1.82, 2.24) is 40.1 Å². The maximum Gasteiger partial charge on any atom is 0.355 e. The Morgan fingerprint density at radius 1 is 1.21 bits per heavy atom. The molecular weight excluding hydrogens is 868 g/mol. The molecule has 4 atom stereocenters. The first-order chi connectivity index (χ1) is 31.2. The van der Waals surface area contributed by atoms with Crippen LogP contribution in [0.25, 0.3) is 33.4 Å². The molecule has 3 aromatic heterocycles. The summed E-state index contributed by atoms with van der Waals surface area (Å²) in [6.07, 6.45) is -0.662. The summed E-state index contributed by atoms with van der Waals surface area (Å²) in [6.45, 7) is 12.3. The largest absolute Gasteiger partial charge is 0.462 e. The van der Waals surface area contributed by atoms with Crippen molar-refractivity contribution in [3.8, 4) is 34.4 Å². The fourth-order valence-corrected chi connectivity index (χ4v) is 9.12. The summed E-state index contributed by atoms with van der Waals surface area (Å²) in [5.74, 6) is 2.50. The number of nitrogens with zero attached hydrogens (tertiary/aromatic N) is 6. The molecular formula is C48H61FN8O8S. The van der Waals surface area contributed by atoms with E-state index in [0.29, 0.717) is 23.7 Å². The zero-order valence-electron chi connectivity index (χ0n) is 39.2. The minimum Gasteiger partial charge on any atom is -0.462 e. The smallest absolute Gasteiger partial charge is 0.355 e. The Balaban J connectivity index is 1.17. The van der Waals surface area contributed by atoms with Crippen LogP contribution in [-0.4, -0.2) is 142 Å². The van der Waals surface area contributed by atoms with Gasteiger partial charge in [-0.2, -0.15) is 5.43 Å². The van der Waals surface area contributed by atoms with E-state index in [1.165, 1.54) is 16.2 Å². The second kappa shape index (κ2) is 19.5. The molecule has 18 heteroatoms. The number of likely N-dealkylation sites (tertiary alicyclic amines) is 1. The van der Waals surface area contributed by atoms with Gasteiger partial charge in [0.15, 0.2) is 0 Å². The number of carbonyl (C=O) groups excluding carboxylic acids is 4. The van der Waals surface area contributed by atoms with Crippen molar-refractivity contribution in [2.75, 3.05) is 54.1 Å². The highest BCUT2D eigenvalue weighted by molar-refractivity contribution is 7.10. The molecule has 0 spiro atoms. The van der Waals surface area contributed by atoms with Crippen LogP contribution < -0.4 is 10.7 Å². The lowest BCUT2D eigenvalue weighted by Crippen LogP contribution is -2.67. The number of fused-ring (bicyclic) bond motifs is 6. The van der Waals surface area contributed by atoms with Crippen LogP contribution in [0.1, 0.15) is 76.8 Å². The van der Waals surface area contributed by atoms with Gasteiger partial charge >= 0.3 is 5.97 Å². The van der Waals surface area contributed by atoms with Crippen molar-refractivity contribution in [2.24, 2.45) is 5.41 Å². The zero-order valence-corrected chi connectivity index (χ0v) is 40.0. The van der Waals surface area contributed by atoms with E-state index in [-0.39, 0.29) is 57.5 Å². The van der Waals surface area contributed by atoms with Crippen LogP contribution in [0.4, 0.5) is 4.39 Å². The monoisotopic (exact) mass is 928 g/mol. The number of rotatable bonds is 10. The van der Waals surface area contributed by atoms with Crippen LogP contribution >= 0.6 is 11.3 Å². The predicted molar refractivity (Wildman–Crippen MR) is 247 cm³/mol. The molecule has 4 aromatic rings. The number of amides is 3. The number of aryl methyl sites for hydroxylation is 1. The number of nitrogens with one attached hydrogen (secondary N) is 2. The van der Waals surface area contributed by atoms with Gasteiger partial charge in [-0.3, -0.25) is 29.3 Å². The van der Waals surface area contributed by atoms with E-state index in [2.05, 4.69) is 46.2 Å². The molecule has 3 amide bonds. The van der Waals surface area contributed by atoms with Crippen LogP contribution in [0.5, 0.6) is 0 Å². The molecule has 6 bridgehead atoms. The van der Waals surface area contributed by atoms with Gasteiger partial charge in [-0.15, -0.1) is 11.3 Å². The summed E-state index contributed by atoms with van der Waals surface area (Å²) in [5, 5.41) is 18.7. The molecule has 0 radical (unpaired) electrons. The lowest BCUT2D eigenvalue weighted by molar-refractivity contribution is -0.189. The van der Waals surface area contributed by atoms with Crippen LogP contribution in [0.15, 0.2) is 41.9 Å². The van der Waals surface area contributed by atoms with Crippen molar-refractivity contribution in [3.63, 3.8) is 0 Å². The molecule has 0 unspecified atom stereocenters. The quantitative estimate of drug-likeness (QED) is 0.151. The Kier molecular flexibility index (Phi) is 14.4. The Labute approximate surface area is 389 Å². The van der Waals surface area contributed by atoms with Gasteiger partial charge in [-0.25, -0.2) is 14.2 Å². The normalized spacial score (nSPS) is 21.4. The van der Waals surface area contributed by atoms with Gasteiger partial charge in [-0.1, -0.05) is 25.8 Å². The Morgan fingerprint density at radius 3 is 2.68 bits per heavy atom. The molecule has 3 N–H and O–H groups in total. The van der Waals surface area contributed by atoms with Crippen molar-refractivity contribution in [2.45, 2.75) is 109 Å². The van der Waals surface area contributed by atoms with E-state index in [0.717, 1.165) is 44.0 Å². The number of halogens is 1. The second-order valence-corrected chi connectivity index (χ2v) is 19.8. The third kappa shape index (κ3) is 10.3. The molecule has 7 rings (SSSR count). The minimum atomic E-state index is -2.26.